The predicted molar refractivity (Wildman–Crippen MR) is 111 cm³/mol. The summed E-state index contributed by atoms with van der Waals surface area (Å²) in [5, 5.41) is 16.0. The van der Waals surface area contributed by atoms with E-state index in [9.17, 15) is 18.5 Å². The molecule has 1 aliphatic heterocycles. The summed E-state index contributed by atoms with van der Waals surface area (Å²) in [6, 6.07) is 3.89. The zero-order chi connectivity index (χ0) is 21.2. The second-order valence-corrected chi connectivity index (χ2v) is 10.5. The Morgan fingerprint density at radius 1 is 1.31 bits per heavy atom. The van der Waals surface area contributed by atoms with Gasteiger partial charge in [0.05, 0.1) is 23.0 Å². The number of ether oxygens (including phenoxy) is 1. The van der Waals surface area contributed by atoms with Crippen LogP contribution in [-0.4, -0.2) is 49.7 Å². The Hall–Kier alpha value is -2.04. The molecule has 2 aliphatic rings. The Bertz CT molecular complexity index is 907. The molecular formula is C19H28N4O5S. The van der Waals surface area contributed by atoms with Gasteiger partial charge in [-0.25, -0.2) is 8.42 Å². The molecule has 2 fully saturated rings. The first-order valence-corrected chi connectivity index (χ1v) is 11.2. The average Bonchev–Trinajstić information content (AvgIpc) is 2.65. The highest BCUT2D eigenvalue weighted by Crippen LogP contribution is 2.37. The van der Waals surface area contributed by atoms with Gasteiger partial charge in [0.25, 0.3) is 5.69 Å². The van der Waals surface area contributed by atoms with Gasteiger partial charge in [0.2, 0.25) is 10.0 Å². The zero-order valence-corrected chi connectivity index (χ0v) is 17.9. The molecule has 0 aromatic heterocycles. The van der Waals surface area contributed by atoms with Crippen molar-refractivity contribution in [3.05, 3.63) is 28.3 Å². The Kier molecular flexibility index (Phi) is 6.25. The molecule has 1 aromatic carbocycles. The Labute approximate surface area is 171 Å². The molecule has 0 radical (unpaired) electrons. The molecule has 3 rings (SSSR count). The number of sulfonamides is 1. The van der Waals surface area contributed by atoms with Gasteiger partial charge in [-0.2, -0.15) is 9.41 Å². The summed E-state index contributed by atoms with van der Waals surface area (Å²) < 4.78 is 32.0. The normalized spacial score (nSPS) is 24.4. The number of hydrogen-bond acceptors (Lipinski definition) is 7. The first-order valence-electron chi connectivity index (χ1n) is 9.76. The van der Waals surface area contributed by atoms with Crippen molar-refractivity contribution in [2.75, 3.05) is 31.7 Å². The second-order valence-electron chi connectivity index (χ2n) is 8.60. The summed E-state index contributed by atoms with van der Waals surface area (Å²) in [4.78, 5) is 10.9. The summed E-state index contributed by atoms with van der Waals surface area (Å²) in [5.74, 6) is 0.496. The van der Waals surface area contributed by atoms with E-state index in [1.807, 2.05) is 0 Å². The molecule has 10 heteroatoms. The molecule has 9 nitrogen and oxygen atoms in total. The first kappa shape index (κ1) is 21.7. The van der Waals surface area contributed by atoms with Crippen LogP contribution in [0.3, 0.4) is 0 Å². The van der Waals surface area contributed by atoms with Gasteiger partial charge < -0.3 is 4.74 Å². The molecule has 1 saturated heterocycles. The monoisotopic (exact) mass is 424 g/mol. The minimum atomic E-state index is -3.81. The largest absolute Gasteiger partial charge is 0.379 e. The molecule has 0 bridgehead atoms. The average molecular weight is 425 g/mol. The van der Waals surface area contributed by atoms with E-state index in [0.717, 1.165) is 31.0 Å². The number of nitro benzene ring substituents is 1. The highest BCUT2D eigenvalue weighted by atomic mass is 32.2. The Morgan fingerprint density at radius 2 is 2.00 bits per heavy atom. The quantitative estimate of drug-likeness (QED) is 0.573. The Morgan fingerprint density at radius 3 is 2.62 bits per heavy atom. The minimum Gasteiger partial charge on any atom is -0.379 e. The van der Waals surface area contributed by atoms with Gasteiger partial charge in [0.15, 0.2) is 0 Å². The number of nitrogens with one attached hydrogen (secondary N) is 1. The number of hydrazone groups is 1. The van der Waals surface area contributed by atoms with Crippen LogP contribution in [0.4, 0.5) is 11.4 Å². The van der Waals surface area contributed by atoms with Crippen LogP contribution in [0.2, 0.25) is 0 Å². The first-order chi connectivity index (χ1) is 13.6. The topological polar surface area (TPSA) is 114 Å². The van der Waals surface area contributed by atoms with Gasteiger partial charge >= 0.3 is 0 Å². The minimum absolute atomic E-state index is 0.100. The summed E-state index contributed by atoms with van der Waals surface area (Å²) in [6.07, 6.45) is 2.77. The van der Waals surface area contributed by atoms with Crippen LogP contribution in [0.5, 0.6) is 0 Å². The summed E-state index contributed by atoms with van der Waals surface area (Å²) >= 11 is 0. The highest BCUT2D eigenvalue weighted by molar-refractivity contribution is 7.89. The number of nitrogens with zero attached hydrogens (tertiary/aromatic N) is 3. The van der Waals surface area contributed by atoms with Crippen molar-refractivity contribution in [2.24, 2.45) is 16.4 Å². The van der Waals surface area contributed by atoms with Crippen LogP contribution in [0, 0.1) is 21.4 Å². The molecular weight excluding hydrogens is 396 g/mol. The summed E-state index contributed by atoms with van der Waals surface area (Å²) in [6.45, 7) is 7.64. The Balaban J connectivity index is 1.85. The molecule has 0 spiro atoms. The van der Waals surface area contributed by atoms with E-state index in [2.05, 4.69) is 31.3 Å². The van der Waals surface area contributed by atoms with Crippen LogP contribution in [0.25, 0.3) is 0 Å². The third-order valence-corrected chi connectivity index (χ3v) is 7.17. The van der Waals surface area contributed by atoms with E-state index in [-0.39, 0.29) is 34.8 Å². The number of hydrogen-bond donors (Lipinski definition) is 1. The number of rotatable bonds is 5. The standard InChI is InChI=1S/C19H28N4O5S/c1-14-10-15(13-19(2,3)12-14)20-21-17-5-4-16(11-18(17)23(24)25)29(26,27)22-6-8-28-9-7-22/h4-5,11,14,21H,6-10,12-13H2,1-3H3/b20-15+. The number of anilines is 1. The molecule has 1 aliphatic carbocycles. The van der Waals surface area contributed by atoms with Crippen LogP contribution in [0.15, 0.2) is 28.2 Å². The third kappa shape index (κ3) is 5.12. The summed E-state index contributed by atoms with van der Waals surface area (Å²) in [5.41, 5.74) is 3.77. The third-order valence-electron chi connectivity index (χ3n) is 5.28. The lowest BCUT2D eigenvalue weighted by Crippen LogP contribution is -2.40. The maximum absolute atomic E-state index is 12.8. The van der Waals surface area contributed by atoms with Crippen molar-refractivity contribution in [3.63, 3.8) is 0 Å². The van der Waals surface area contributed by atoms with E-state index in [1.54, 1.807) is 0 Å². The molecule has 1 aromatic rings. The van der Waals surface area contributed by atoms with Gasteiger partial charge in [0.1, 0.15) is 5.69 Å². The van der Waals surface area contributed by atoms with E-state index < -0.39 is 14.9 Å². The maximum atomic E-state index is 12.8. The van der Waals surface area contributed by atoms with Crippen molar-refractivity contribution in [1.29, 1.82) is 0 Å². The zero-order valence-electron chi connectivity index (χ0n) is 17.1. The lowest BCUT2D eigenvalue weighted by Gasteiger charge is -2.34. The molecule has 1 atom stereocenters. The van der Waals surface area contributed by atoms with Crippen molar-refractivity contribution in [1.82, 2.24) is 4.31 Å². The molecule has 1 saturated carbocycles. The molecule has 1 unspecified atom stereocenters. The molecule has 0 amide bonds. The molecule has 1 N–H and O–H groups in total. The number of nitro groups is 1. The van der Waals surface area contributed by atoms with Crippen LogP contribution < -0.4 is 5.43 Å². The smallest absolute Gasteiger partial charge is 0.295 e. The van der Waals surface area contributed by atoms with Crippen molar-refractivity contribution in [3.8, 4) is 0 Å². The number of benzene rings is 1. The molecule has 29 heavy (non-hydrogen) atoms. The van der Waals surface area contributed by atoms with Crippen LogP contribution >= 0.6 is 0 Å². The van der Waals surface area contributed by atoms with Gasteiger partial charge in [-0.3, -0.25) is 15.5 Å². The van der Waals surface area contributed by atoms with E-state index in [0.29, 0.717) is 19.1 Å². The number of morpholine rings is 1. The lowest BCUT2D eigenvalue weighted by atomic mass is 9.72. The SMILES string of the molecule is CC1C/C(=N\Nc2ccc(S(=O)(=O)N3CCOCC3)cc2[N+](=O)[O-])CC(C)(C)C1. The fourth-order valence-corrected chi connectivity index (χ4v) is 5.62. The van der Waals surface area contributed by atoms with E-state index in [4.69, 9.17) is 4.74 Å². The lowest BCUT2D eigenvalue weighted by molar-refractivity contribution is -0.384. The van der Waals surface area contributed by atoms with E-state index >= 15 is 0 Å². The molecule has 160 valence electrons. The van der Waals surface area contributed by atoms with E-state index in [1.165, 1.54) is 16.4 Å². The van der Waals surface area contributed by atoms with Gasteiger partial charge in [-0.15, -0.1) is 0 Å². The van der Waals surface area contributed by atoms with Crippen LogP contribution in [-0.2, 0) is 14.8 Å². The van der Waals surface area contributed by atoms with Gasteiger partial charge in [0, 0.05) is 24.9 Å². The van der Waals surface area contributed by atoms with Crippen molar-refractivity contribution in [2.45, 2.75) is 44.9 Å². The predicted octanol–water partition coefficient (Wildman–Crippen LogP) is 3.23. The van der Waals surface area contributed by atoms with Gasteiger partial charge in [-0.1, -0.05) is 20.8 Å². The van der Waals surface area contributed by atoms with Crippen molar-refractivity contribution < 1.29 is 18.1 Å². The highest BCUT2D eigenvalue weighted by Gasteiger charge is 2.31. The second kappa shape index (κ2) is 8.37. The van der Waals surface area contributed by atoms with Crippen LogP contribution in [0.1, 0.15) is 40.0 Å². The maximum Gasteiger partial charge on any atom is 0.295 e. The fourth-order valence-electron chi connectivity index (χ4n) is 4.19. The van der Waals surface area contributed by atoms with Crippen molar-refractivity contribution >= 4 is 27.1 Å². The van der Waals surface area contributed by atoms with Gasteiger partial charge in [-0.05, 0) is 42.7 Å². The summed E-state index contributed by atoms with van der Waals surface area (Å²) in [7, 11) is -3.81. The fraction of sp³-hybridized carbons (Fsp3) is 0.632. The molecule has 1 heterocycles.